The number of hydrazine groups is 1. The summed E-state index contributed by atoms with van der Waals surface area (Å²) in [6.45, 7) is 1.58. The molecule has 118 valence electrons. The molecule has 2 amide bonds. The average molecular weight is 348 g/mol. The van der Waals surface area contributed by atoms with Gasteiger partial charge in [-0.1, -0.05) is 41.4 Å². The van der Waals surface area contributed by atoms with Gasteiger partial charge in [0.2, 0.25) is 0 Å². The van der Waals surface area contributed by atoms with Crippen molar-refractivity contribution in [3.63, 3.8) is 0 Å². The van der Waals surface area contributed by atoms with E-state index in [1.807, 2.05) is 41.4 Å². The molecular formula is C17H15Cl2N3O. The number of fused-ring (bicyclic) bond motifs is 1. The Morgan fingerprint density at radius 1 is 0.957 bits per heavy atom. The first-order valence-corrected chi connectivity index (χ1v) is 8.30. The van der Waals surface area contributed by atoms with Gasteiger partial charge in [-0.25, -0.2) is 4.79 Å². The SMILES string of the molecule is O=C1N(c2ccc(Cl)cc2)C(c2ccccc2Cl)N2CCCN12. The number of carbonyl (C=O) groups excluding carboxylic acids is 1. The minimum atomic E-state index is -0.222. The first kappa shape index (κ1) is 14.8. The predicted octanol–water partition coefficient (Wildman–Crippen LogP) is 4.55. The molecule has 2 fully saturated rings. The number of rotatable bonds is 2. The molecule has 0 radical (unpaired) electrons. The lowest BCUT2D eigenvalue weighted by Gasteiger charge is -2.28. The summed E-state index contributed by atoms with van der Waals surface area (Å²) in [5, 5.41) is 5.22. The fourth-order valence-electron chi connectivity index (χ4n) is 3.29. The molecule has 2 aliphatic rings. The Labute approximate surface area is 144 Å². The Morgan fingerprint density at radius 3 is 2.43 bits per heavy atom. The van der Waals surface area contributed by atoms with Crippen molar-refractivity contribution in [1.29, 1.82) is 0 Å². The summed E-state index contributed by atoms with van der Waals surface area (Å²) in [5.41, 5.74) is 1.75. The van der Waals surface area contributed by atoms with Gasteiger partial charge in [-0.2, -0.15) is 5.01 Å². The number of nitrogens with zero attached hydrogens (tertiary/aromatic N) is 3. The van der Waals surface area contributed by atoms with E-state index in [2.05, 4.69) is 5.01 Å². The van der Waals surface area contributed by atoms with Gasteiger partial charge in [-0.15, -0.1) is 0 Å². The summed E-state index contributed by atoms with van der Waals surface area (Å²) >= 11 is 12.4. The molecular weight excluding hydrogens is 333 g/mol. The Balaban J connectivity index is 1.83. The first-order valence-electron chi connectivity index (χ1n) is 7.54. The van der Waals surface area contributed by atoms with Gasteiger partial charge in [0.1, 0.15) is 6.17 Å². The van der Waals surface area contributed by atoms with Crippen LogP contribution in [-0.4, -0.2) is 29.1 Å². The van der Waals surface area contributed by atoms with Gasteiger partial charge >= 0.3 is 6.03 Å². The minimum Gasteiger partial charge on any atom is -0.271 e. The maximum Gasteiger partial charge on any atom is 0.340 e. The van der Waals surface area contributed by atoms with Crippen molar-refractivity contribution in [3.8, 4) is 0 Å². The van der Waals surface area contributed by atoms with Crippen LogP contribution in [0.1, 0.15) is 18.2 Å². The largest absolute Gasteiger partial charge is 0.340 e. The summed E-state index contributed by atoms with van der Waals surface area (Å²) in [4.78, 5) is 14.7. The fraction of sp³-hybridized carbons (Fsp3) is 0.235. The molecule has 2 saturated heterocycles. The number of halogens is 2. The molecule has 1 atom stereocenters. The lowest BCUT2D eigenvalue weighted by Crippen LogP contribution is -2.32. The summed E-state index contributed by atoms with van der Waals surface area (Å²) in [5.74, 6) is 0. The highest BCUT2D eigenvalue weighted by atomic mass is 35.5. The summed E-state index contributed by atoms with van der Waals surface area (Å²) in [7, 11) is 0. The molecule has 0 bridgehead atoms. The molecule has 4 rings (SSSR count). The summed E-state index contributed by atoms with van der Waals surface area (Å²) in [6.07, 6.45) is 0.751. The number of hydrogen-bond donors (Lipinski definition) is 0. The van der Waals surface area contributed by atoms with E-state index in [-0.39, 0.29) is 12.2 Å². The van der Waals surface area contributed by atoms with E-state index >= 15 is 0 Å². The molecule has 0 aromatic heterocycles. The zero-order valence-electron chi connectivity index (χ0n) is 12.3. The van der Waals surface area contributed by atoms with Gasteiger partial charge in [-0.3, -0.25) is 9.91 Å². The van der Waals surface area contributed by atoms with Gasteiger partial charge in [0.25, 0.3) is 0 Å². The number of hydrogen-bond acceptors (Lipinski definition) is 2. The van der Waals surface area contributed by atoms with E-state index in [0.717, 1.165) is 30.8 Å². The summed E-state index contributed by atoms with van der Waals surface area (Å²) in [6, 6.07) is 15.0. The zero-order chi connectivity index (χ0) is 16.0. The third-order valence-corrected chi connectivity index (χ3v) is 4.91. The van der Waals surface area contributed by atoms with Crippen molar-refractivity contribution in [2.75, 3.05) is 18.0 Å². The zero-order valence-corrected chi connectivity index (χ0v) is 13.8. The monoisotopic (exact) mass is 347 g/mol. The van der Waals surface area contributed by atoms with E-state index in [4.69, 9.17) is 23.2 Å². The average Bonchev–Trinajstić information content (AvgIpc) is 3.12. The van der Waals surface area contributed by atoms with Gasteiger partial charge in [-0.05, 0) is 36.8 Å². The van der Waals surface area contributed by atoms with Gasteiger partial charge in [0, 0.05) is 34.4 Å². The van der Waals surface area contributed by atoms with Gasteiger partial charge in [0.05, 0.1) is 0 Å². The number of carbonyl (C=O) groups is 1. The molecule has 0 spiro atoms. The van der Waals surface area contributed by atoms with Crippen LogP contribution in [0.4, 0.5) is 10.5 Å². The highest BCUT2D eigenvalue weighted by molar-refractivity contribution is 6.31. The minimum absolute atomic E-state index is 0.0188. The molecule has 2 heterocycles. The van der Waals surface area contributed by atoms with Crippen LogP contribution in [0.15, 0.2) is 48.5 Å². The number of benzene rings is 2. The maximum atomic E-state index is 12.9. The third kappa shape index (κ3) is 2.38. The van der Waals surface area contributed by atoms with Crippen molar-refractivity contribution in [1.82, 2.24) is 10.0 Å². The molecule has 2 aromatic carbocycles. The van der Waals surface area contributed by atoms with E-state index in [9.17, 15) is 4.79 Å². The van der Waals surface area contributed by atoms with Crippen molar-refractivity contribution in [3.05, 3.63) is 64.1 Å². The smallest absolute Gasteiger partial charge is 0.271 e. The Morgan fingerprint density at radius 2 is 1.70 bits per heavy atom. The van der Waals surface area contributed by atoms with Crippen LogP contribution in [0.2, 0.25) is 10.0 Å². The molecule has 1 unspecified atom stereocenters. The molecule has 0 N–H and O–H groups in total. The normalized spacial score (nSPS) is 21.1. The van der Waals surface area contributed by atoms with E-state index in [1.54, 1.807) is 17.0 Å². The van der Waals surface area contributed by atoms with Crippen molar-refractivity contribution in [2.45, 2.75) is 12.6 Å². The fourth-order valence-corrected chi connectivity index (χ4v) is 3.65. The molecule has 2 aliphatic heterocycles. The van der Waals surface area contributed by atoms with Gasteiger partial charge in [0.15, 0.2) is 0 Å². The van der Waals surface area contributed by atoms with Crippen LogP contribution in [0.3, 0.4) is 0 Å². The van der Waals surface area contributed by atoms with Crippen LogP contribution in [-0.2, 0) is 0 Å². The maximum absolute atomic E-state index is 12.9. The van der Waals surface area contributed by atoms with Crippen molar-refractivity contribution < 1.29 is 4.79 Å². The van der Waals surface area contributed by atoms with Crippen LogP contribution >= 0.6 is 23.2 Å². The standard InChI is InChI=1S/C17H15Cl2N3O/c18-12-6-8-13(9-7-12)22-16(14-4-1-2-5-15(14)19)20-10-3-11-21(20)17(22)23/h1-2,4-9,16H,3,10-11H2. The van der Waals surface area contributed by atoms with Crippen LogP contribution in [0, 0.1) is 0 Å². The molecule has 2 aromatic rings. The Kier molecular flexibility index (Phi) is 3.68. The topological polar surface area (TPSA) is 26.8 Å². The quantitative estimate of drug-likeness (QED) is 0.796. The number of urea groups is 1. The number of anilines is 1. The molecule has 0 aliphatic carbocycles. The molecule has 4 nitrogen and oxygen atoms in total. The second kappa shape index (κ2) is 5.71. The van der Waals surface area contributed by atoms with E-state index in [1.165, 1.54) is 0 Å². The summed E-state index contributed by atoms with van der Waals surface area (Å²) < 4.78 is 0. The van der Waals surface area contributed by atoms with Crippen molar-refractivity contribution in [2.24, 2.45) is 0 Å². The third-order valence-electron chi connectivity index (χ3n) is 4.31. The highest BCUT2D eigenvalue weighted by Crippen LogP contribution is 2.42. The van der Waals surface area contributed by atoms with Crippen LogP contribution in [0.25, 0.3) is 0 Å². The number of amides is 2. The van der Waals surface area contributed by atoms with Crippen molar-refractivity contribution >= 4 is 34.9 Å². The van der Waals surface area contributed by atoms with E-state index < -0.39 is 0 Å². The Bertz CT molecular complexity index is 750. The highest BCUT2D eigenvalue weighted by Gasteiger charge is 2.48. The molecule has 0 saturated carbocycles. The van der Waals surface area contributed by atoms with Crippen LogP contribution < -0.4 is 4.90 Å². The second-order valence-corrected chi connectivity index (χ2v) is 6.51. The van der Waals surface area contributed by atoms with E-state index in [0.29, 0.717) is 10.0 Å². The first-order chi connectivity index (χ1) is 11.2. The van der Waals surface area contributed by atoms with Gasteiger partial charge < -0.3 is 0 Å². The molecule has 23 heavy (non-hydrogen) atoms. The van der Waals surface area contributed by atoms with Crippen LogP contribution in [0.5, 0.6) is 0 Å². The lowest BCUT2D eigenvalue weighted by molar-refractivity contribution is 0.0728. The second-order valence-electron chi connectivity index (χ2n) is 5.66. The lowest BCUT2D eigenvalue weighted by atomic mass is 10.1. The Hall–Kier alpha value is -1.75. The predicted molar refractivity (Wildman–Crippen MR) is 91.5 cm³/mol. The molecule has 6 heteroatoms.